The van der Waals surface area contributed by atoms with E-state index in [-0.39, 0.29) is 35.6 Å². The number of aryl methyl sites for hydroxylation is 2. The lowest BCUT2D eigenvalue weighted by Crippen LogP contribution is -2.41. The molecule has 1 aliphatic heterocycles. The first-order chi connectivity index (χ1) is 11.9. The van der Waals surface area contributed by atoms with Gasteiger partial charge < -0.3 is 10.6 Å². The van der Waals surface area contributed by atoms with Gasteiger partial charge in [-0.25, -0.2) is 0 Å². The Morgan fingerprint density at radius 1 is 1.35 bits per heavy atom. The molecule has 2 atom stereocenters. The van der Waals surface area contributed by atoms with Gasteiger partial charge in [-0.15, -0.1) is 12.4 Å². The molecule has 0 spiro atoms. The van der Waals surface area contributed by atoms with Crippen molar-refractivity contribution in [3.05, 3.63) is 53.3 Å². The van der Waals surface area contributed by atoms with Crippen LogP contribution in [0.4, 0.5) is 0 Å². The number of halogens is 1. The Morgan fingerprint density at radius 2 is 2.08 bits per heavy atom. The summed E-state index contributed by atoms with van der Waals surface area (Å²) in [6.07, 6.45) is 3.88. The fourth-order valence-corrected chi connectivity index (χ4v) is 3.80. The molecule has 0 saturated carbocycles. The van der Waals surface area contributed by atoms with E-state index in [4.69, 9.17) is 0 Å². The van der Waals surface area contributed by atoms with Crippen molar-refractivity contribution in [1.29, 1.82) is 0 Å². The molecular formula is C20H29ClN4O. The van der Waals surface area contributed by atoms with Crippen LogP contribution in [-0.2, 0) is 17.3 Å². The van der Waals surface area contributed by atoms with Crippen molar-refractivity contribution in [3.63, 3.8) is 0 Å². The van der Waals surface area contributed by atoms with E-state index in [2.05, 4.69) is 60.8 Å². The van der Waals surface area contributed by atoms with Crippen LogP contribution in [0.1, 0.15) is 36.5 Å². The van der Waals surface area contributed by atoms with Crippen LogP contribution in [0.15, 0.2) is 36.7 Å². The maximum atomic E-state index is 12.8. The lowest BCUT2D eigenvalue weighted by Gasteiger charge is -2.28. The van der Waals surface area contributed by atoms with Crippen LogP contribution in [-0.4, -0.2) is 35.3 Å². The minimum Gasteiger partial charge on any atom is -0.355 e. The highest BCUT2D eigenvalue weighted by Gasteiger charge is 2.35. The zero-order valence-corrected chi connectivity index (χ0v) is 16.8. The highest BCUT2D eigenvalue weighted by molar-refractivity contribution is 5.85. The van der Waals surface area contributed by atoms with Crippen LogP contribution in [0.25, 0.3) is 0 Å². The van der Waals surface area contributed by atoms with Crippen molar-refractivity contribution in [2.45, 2.75) is 32.1 Å². The Kier molecular flexibility index (Phi) is 6.48. The van der Waals surface area contributed by atoms with Crippen LogP contribution in [0.2, 0.25) is 0 Å². The van der Waals surface area contributed by atoms with E-state index in [1.807, 2.05) is 19.4 Å². The van der Waals surface area contributed by atoms with E-state index in [0.717, 1.165) is 18.7 Å². The molecule has 0 unspecified atom stereocenters. The van der Waals surface area contributed by atoms with Gasteiger partial charge in [-0.2, -0.15) is 5.10 Å². The minimum absolute atomic E-state index is 0. The lowest BCUT2D eigenvalue weighted by atomic mass is 9.81. The van der Waals surface area contributed by atoms with Gasteiger partial charge in [0.1, 0.15) is 0 Å². The summed E-state index contributed by atoms with van der Waals surface area (Å²) in [7, 11) is 1.91. The van der Waals surface area contributed by atoms with Crippen LogP contribution < -0.4 is 10.6 Å². The van der Waals surface area contributed by atoms with Gasteiger partial charge in [-0.1, -0.05) is 38.1 Å². The topological polar surface area (TPSA) is 59.0 Å². The molecule has 1 amide bonds. The largest absolute Gasteiger partial charge is 0.355 e. The molecule has 142 valence electrons. The first-order valence-electron chi connectivity index (χ1n) is 8.91. The fourth-order valence-electron chi connectivity index (χ4n) is 3.80. The van der Waals surface area contributed by atoms with Gasteiger partial charge in [0.15, 0.2) is 0 Å². The highest BCUT2D eigenvalue weighted by Crippen LogP contribution is 2.29. The Morgan fingerprint density at radius 3 is 2.73 bits per heavy atom. The van der Waals surface area contributed by atoms with Crippen LogP contribution in [0.5, 0.6) is 0 Å². The van der Waals surface area contributed by atoms with Crippen LogP contribution in [0.3, 0.4) is 0 Å². The average molecular weight is 377 g/mol. The second-order valence-electron chi connectivity index (χ2n) is 7.74. The van der Waals surface area contributed by atoms with Crippen molar-refractivity contribution in [3.8, 4) is 0 Å². The molecule has 1 aromatic heterocycles. The van der Waals surface area contributed by atoms with E-state index >= 15 is 0 Å². The van der Waals surface area contributed by atoms with Gasteiger partial charge in [0, 0.05) is 44.2 Å². The predicted molar refractivity (Wildman–Crippen MR) is 107 cm³/mol. The van der Waals surface area contributed by atoms with Crippen molar-refractivity contribution >= 4 is 18.3 Å². The Hall–Kier alpha value is -1.85. The predicted octanol–water partition coefficient (Wildman–Crippen LogP) is 2.55. The second-order valence-corrected chi connectivity index (χ2v) is 7.74. The summed E-state index contributed by atoms with van der Waals surface area (Å²) in [5.74, 6) is 0.271. The summed E-state index contributed by atoms with van der Waals surface area (Å²) in [5, 5.41) is 10.8. The molecule has 1 saturated heterocycles. The van der Waals surface area contributed by atoms with Crippen LogP contribution >= 0.6 is 12.4 Å². The summed E-state index contributed by atoms with van der Waals surface area (Å²) in [5.41, 5.74) is 3.57. The molecule has 2 heterocycles. The molecule has 2 N–H and O–H groups in total. The van der Waals surface area contributed by atoms with Crippen molar-refractivity contribution in [2.75, 3.05) is 19.6 Å². The number of hydrogen-bond donors (Lipinski definition) is 2. The van der Waals surface area contributed by atoms with Crippen molar-refractivity contribution < 1.29 is 4.79 Å². The third-order valence-corrected chi connectivity index (χ3v) is 5.28. The number of benzene rings is 1. The number of nitrogens with one attached hydrogen (secondary N) is 2. The average Bonchev–Trinajstić information content (AvgIpc) is 3.21. The molecule has 6 heteroatoms. The maximum Gasteiger partial charge on any atom is 0.225 e. The fraction of sp³-hybridized carbons (Fsp3) is 0.500. The molecule has 0 radical (unpaired) electrons. The number of aromatic nitrogens is 2. The Balaban J connectivity index is 0.00000243. The molecule has 5 nitrogen and oxygen atoms in total. The molecular weight excluding hydrogens is 348 g/mol. The quantitative estimate of drug-likeness (QED) is 0.843. The van der Waals surface area contributed by atoms with Gasteiger partial charge >= 0.3 is 0 Å². The monoisotopic (exact) mass is 376 g/mol. The zero-order chi connectivity index (χ0) is 18.0. The van der Waals surface area contributed by atoms with E-state index in [9.17, 15) is 4.79 Å². The standard InChI is InChI=1S/C20H28N4O.ClH/c1-14-7-5-6-8-18(14)20(2,3)13-22-19(25)17-11-21-10-16(17)15-9-23-24(4)12-15;/h5-9,12,16-17,21H,10-11,13H2,1-4H3,(H,22,25);1H/t16-,17+;/m1./s1. The lowest BCUT2D eigenvalue weighted by molar-refractivity contribution is -0.125. The summed E-state index contributed by atoms with van der Waals surface area (Å²) < 4.78 is 1.80. The van der Waals surface area contributed by atoms with Gasteiger partial charge in [0.2, 0.25) is 5.91 Å². The zero-order valence-electron chi connectivity index (χ0n) is 16.0. The number of rotatable bonds is 5. The molecule has 2 aromatic rings. The molecule has 1 fully saturated rings. The number of amides is 1. The third-order valence-electron chi connectivity index (χ3n) is 5.28. The molecule has 26 heavy (non-hydrogen) atoms. The van der Waals surface area contributed by atoms with E-state index in [0.29, 0.717) is 6.54 Å². The van der Waals surface area contributed by atoms with E-state index < -0.39 is 0 Å². The van der Waals surface area contributed by atoms with Gasteiger partial charge in [-0.3, -0.25) is 9.48 Å². The first-order valence-corrected chi connectivity index (χ1v) is 8.91. The third kappa shape index (κ3) is 4.27. The van der Waals surface area contributed by atoms with Crippen molar-refractivity contribution in [2.24, 2.45) is 13.0 Å². The van der Waals surface area contributed by atoms with Crippen LogP contribution in [0, 0.1) is 12.8 Å². The summed E-state index contributed by atoms with van der Waals surface area (Å²) in [6, 6.07) is 8.39. The molecule has 0 bridgehead atoms. The van der Waals surface area contributed by atoms with Gasteiger partial charge in [0.25, 0.3) is 0 Å². The molecule has 3 rings (SSSR count). The summed E-state index contributed by atoms with van der Waals surface area (Å²) in [4.78, 5) is 12.8. The maximum absolute atomic E-state index is 12.8. The SMILES string of the molecule is Cc1ccccc1C(C)(C)CNC(=O)[C@H]1CNC[C@@H]1c1cnn(C)c1.Cl. The summed E-state index contributed by atoms with van der Waals surface area (Å²) in [6.45, 7) is 8.66. The smallest absolute Gasteiger partial charge is 0.225 e. The first kappa shape index (κ1) is 20.5. The number of carbonyl (C=O) groups is 1. The van der Waals surface area contributed by atoms with E-state index in [1.54, 1.807) is 4.68 Å². The minimum atomic E-state index is -0.100. The number of hydrogen-bond acceptors (Lipinski definition) is 3. The number of nitrogens with zero attached hydrogens (tertiary/aromatic N) is 2. The van der Waals surface area contributed by atoms with Crippen molar-refractivity contribution in [1.82, 2.24) is 20.4 Å². The molecule has 0 aliphatic carbocycles. The molecule has 1 aliphatic rings. The number of carbonyl (C=O) groups excluding carboxylic acids is 1. The van der Waals surface area contributed by atoms with Gasteiger partial charge in [0.05, 0.1) is 12.1 Å². The Labute approximate surface area is 162 Å². The summed E-state index contributed by atoms with van der Waals surface area (Å²) >= 11 is 0. The highest BCUT2D eigenvalue weighted by atomic mass is 35.5. The molecule has 1 aromatic carbocycles. The van der Waals surface area contributed by atoms with E-state index in [1.165, 1.54) is 11.1 Å². The normalized spacial score (nSPS) is 19.8. The second kappa shape index (κ2) is 8.23. The van der Waals surface area contributed by atoms with Gasteiger partial charge in [-0.05, 0) is 23.6 Å². The Bertz CT molecular complexity index is 756.